The molecule has 0 atom stereocenters. The Bertz CT molecular complexity index is 912. The number of imidazole rings is 1. The van der Waals surface area contributed by atoms with Crippen molar-refractivity contribution in [1.29, 1.82) is 0 Å². The van der Waals surface area contributed by atoms with E-state index in [-0.39, 0.29) is 19.0 Å². The molecule has 3 rings (SSSR count). The van der Waals surface area contributed by atoms with E-state index in [9.17, 15) is 9.59 Å². The molecule has 3 N–H and O–H groups in total. The first kappa shape index (κ1) is 18.2. The van der Waals surface area contributed by atoms with Crippen molar-refractivity contribution in [3.05, 3.63) is 53.9 Å². The Balaban J connectivity index is 1.53. The van der Waals surface area contributed by atoms with Crippen LogP contribution in [0.5, 0.6) is 11.5 Å². The third-order valence-corrected chi connectivity index (χ3v) is 3.91. The zero-order chi connectivity index (χ0) is 19.2. The fourth-order valence-corrected chi connectivity index (χ4v) is 2.54. The van der Waals surface area contributed by atoms with Gasteiger partial charge in [-0.1, -0.05) is 12.1 Å². The van der Waals surface area contributed by atoms with Gasteiger partial charge in [0.15, 0.2) is 0 Å². The lowest BCUT2D eigenvalue weighted by Crippen LogP contribution is -2.36. The molecule has 0 fully saturated rings. The lowest BCUT2D eigenvalue weighted by Gasteiger charge is -2.09. The molecule has 0 unspecified atom stereocenters. The topological polar surface area (TPSA) is 105 Å². The number of carbonyl (C=O) groups excluding carboxylic acids is 2. The Hall–Kier alpha value is -3.55. The summed E-state index contributed by atoms with van der Waals surface area (Å²) in [5, 5.41) is 5.29. The van der Waals surface area contributed by atoms with Gasteiger partial charge in [-0.2, -0.15) is 0 Å². The first-order valence-electron chi connectivity index (χ1n) is 8.30. The second-order valence-electron chi connectivity index (χ2n) is 5.76. The standard InChI is InChI=1S/C19H20N4O4/c1-26-13-7-12(8-14(9-13)27-2)19(25)21-11-18(24)20-10-17-22-15-5-3-4-6-16(15)23-17/h3-9H,10-11H2,1-2H3,(H,20,24)(H,21,25)(H,22,23). The van der Waals surface area contributed by atoms with Gasteiger partial charge in [-0.3, -0.25) is 9.59 Å². The van der Waals surface area contributed by atoms with Crippen LogP contribution >= 0.6 is 0 Å². The summed E-state index contributed by atoms with van der Waals surface area (Å²) in [4.78, 5) is 31.8. The molecule has 0 aliphatic rings. The van der Waals surface area contributed by atoms with Crippen molar-refractivity contribution in [1.82, 2.24) is 20.6 Å². The van der Waals surface area contributed by atoms with E-state index < -0.39 is 5.91 Å². The van der Waals surface area contributed by atoms with Crippen molar-refractivity contribution in [2.24, 2.45) is 0 Å². The number of carbonyl (C=O) groups is 2. The van der Waals surface area contributed by atoms with Crippen LogP contribution in [0.2, 0.25) is 0 Å². The third-order valence-electron chi connectivity index (χ3n) is 3.91. The number of amides is 2. The second-order valence-corrected chi connectivity index (χ2v) is 5.76. The van der Waals surface area contributed by atoms with Crippen LogP contribution in [0.25, 0.3) is 11.0 Å². The number of ether oxygens (including phenoxy) is 2. The van der Waals surface area contributed by atoms with Crippen molar-refractivity contribution in [3.8, 4) is 11.5 Å². The van der Waals surface area contributed by atoms with E-state index >= 15 is 0 Å². The monoisotopic (exact) mass is 368 g/mol. The highest BCUT2D eigenvalue weighted by molar-refractivity contribution is 5.97. The maximum absolute atomic E-state index is 12.3. The molecule has 0 radical (unpaired) electrons. The Morgan fingerprint density at radius 3 is 2.41 bits per heavy atom. The predicted molar refractivity (Wildman–Crippen MR) is 99.8 cm³/mol. The Morgan fingerprint density at radius 1 is 1.04 bits per heavy atom. The molecule has 0 saturated carbocycles. The molecule has 0 bridgehead atoms. The molecule has 3 aromatic rings. The van der Waals surface area contributed by atoms with Crippen LogP contribution in [0, 0.1) is 0 Å². The largest absolute Gasteiger partial charge is 0.497 e. The molecule has 27 heavy (non-hydrogen) atoms. The molecule has 8 nitrogen and oxygen atoms in total. The molecule has 1 aromatic heterocycles. The molecular weight excluding hydrogens is 348 g/mol. The SMILES string of the molecule is COc1cc(OC)cc(C(=O)NCC(=O)NCc2nc3ccccc3[nH]2)c1. The van der Waals surface area contributed by atoms with Crippen LogP contribution < -0.4 is 20.1 Å². The molecule has 0 saturated heterocycles. The number of benzene rings is 2. The minimum absolute atomic E-state index is 0.154. The van der Waals surface area contributed by atoms with Gasteiger partial charge in [0.1, 0.15) is 17.3 Å². The van der Waals surface area contributed by atoms with Gasteiger partial charge in [0.05, 0.1) is 38.3 Å². The van der Waals surface area contributed by atoms with E-state index in [0.717, 1.165) is 11.0 Å². The van der Waals surface area contributed by atoms with Gasteiger partial charge in [-0.05, 0) is 24.3 Å². The number of methoxy groups -OCH3 is 2. The molecule has 8 heteroatoms. The van der Waals surface area contributed by atoms with Gasteiger partial charge in [-0.25, -0.2) is 4.98 Å². The van der Waals surface area contributed by atoms with Crippen LogP contribution in [-0.2, 0) is 11.3 Å². The summed E-state index contributed by atoms with van der Waals surface area (Å²) in [6.45, 7) is 0.0922. The fraction of sp³-hybridized carbons (Fsp3) is 0.211. The lowest BCUT2D eigenvalue weighted by atomic mass is 10.2. The molecule has 0 aliphatic heterocycles. The Kier molecular flexibility index (Phi) is 5.55. The number of hydrogen-bond acceptors (Lipinski definition) is 5. The average Bonchev–Trinajstić information content (AvgIpc) is 3.13. The first-order chi connectivity index (χ1) is 13.1. The van der Waals surface area contributed by atoms with Gasteiger partial charge in [0, 0.05) is 11.6 Å². The number of aromatic nitrogens is 2. The number of H-pyrrole nitrogens is 1. The molecular formula is C19H20N4O4. The lowest BCUT2D eigenvalue weighted by molar-refractivity contribution is -0.120. The van der Waals surface area contributed by atoms with Crippen LogP contribution in [0.3, 0.4) is 0 Å². The molecule has 0 aliphatic carbocycles. The summed E-state index contributed by atoms with van der Waals surface area (Å²) in [5.74, 6) is 0.917. The fourth-order valence-electron chi connectivity index (χ4n) is 2.54. The van der Waals surface area contributed by atoms with Gasteiger partial charge in [0.2, 0.25) is 5.91 Å². The van der Waals surface area contributed by atoms with Crippen LogP contribution in [0.15, 0.2) is 42.5 Å². The van der Waals surface area contributed by atoms with Crippen molar-refractivity contribution < 1.29 is 19.1 Å². The summed E-state index contributed by atoms with van der Waals surface area (Å²) in [5.41, 5.74) is 2.08. The quantitative estimate of drug-likeness (QED) is 0.588. The third kappa shape index (κ3) is 4.55. The average molecular weight is 368 g/mol. The highest BCUT2D eigenvalue weighted by Gasteiger charge is 2.12. The van der Waals surface area contributed by atoms with Gasteiger partial charge in [0.25, 0.3) is 5.91 Å². The minimum atomic E-state index is -0.397. The van der Waals surface area contributed by atoms with Gasteiger partial charge >= 0.3 is 0 Å². The smallest absolute Gasteiger partial charge is 0.251 e. The van der Waals surface area contributed by atoms with Crippen molar-refractivity contribution in [2.45, 2.75) is 6.54 Å². The van der Waals surface area contributed by atoms with Crippen LogP contribution in [-0.4, -0.2) is 42.5 Å². The number of para-hydroxylation sites is 2. The number of rotatable bonds is 7. The van der Waals surface area contributed by atoms with E-state index in [1.54, 1.807) is 18.2 Å². The summed E-state index contributed by atoms with van der Waals surface area (Å²) < 4.78 is 10.3. The van der Waals surface area contributed by atoms with Crippen molar-refractivity contribution in [2.75, 3.05) is 20.8 Å². The maximum atomic E-state index is 12.3. The number of hydrogen-bond donors (Lipinski definition) is 3. The molecule has 140 valence electrons. The van der Waals surface area contributed by atoms with Crippen LogP contribution in [0.1, 0.15) is 16.2 Å². The summed E-state index contributed by atoms with van der Waals surface area (Å²) in [6, 6.07) is 12.4. The van der Waals surface area contributed by atoms with Crippen LogP contribution in [0.4, 0.5) is 0 Å². The molecule has 1 heterocycles. The summed E-state index contributed by atoms with van der Waals surface area (Å²) in [6.07, 6.45) is 0. The van der Waals surface area contributed by atoms with E-state index in [1.807, 2.05) is 24.3 Å². The first-order valence-corrected chi connectivity index (χ1v) is 8.30. The number of fused-ring (bicyclic) bond motifs is 1. The maximum Gasteiger partial charge on any atom is 0.251 e. The molecule has 2 amide bonds. The van der Waals surface area contributed by atoms with E-state index in [0.29, 0.717) is 22.9 Å². The summed E-state index contributed by atoms with van der Waals surface area (Å²) in [7, 11) is 3.00. The zero-order valence-electron chi connectivity index (χ0n) is 15.0. The van der Waals surface area contributed by atoms with E-state index in [1.165, 1.54) is 14.2 Å². The van der Waals surface area contributed by atoms with E-state index in [4.69, 9.17) is 9.47 Å². The Morgan fingerprint density at radius 2 is 1.74 bits per heavy atom. The van der Waals surface area contributed by atoms with Gasteiger partial charge in [-0.15, -0.1) is 0 Å². The van der Waals surface area contributed by atoms with Gasteiger partial charge < -0.3 is 25.1 Å². The predicted octanol–water partition coefficient (Wildman–Crippen LogP) is 1.63. The zero-order valence-corrected chi connectivity index (χ0v) is 15.0. The number of nitrogens with zero attached hydrogens (tertiary/aromatic N) is 1. The number of aromatic amines is 1. The van der Waals surface area contributed by atoms with E-state index in [2.05, 4.69) is 20.6 Å². The highest BCUT2D eigenvalue weighted by atomic mass is 16.5. The minimum Gasteiger partial charge on any atom is -0.497 e. The molecule has 0 spiro atoms. The van der Waals surface area contributed by atoms with Crippen molar-refractivity contribution >= 4 is 22.8 Å². The highest BCUT2D eigenvalue weighted by Crippen LogP contribution is 2.22. The Labute approximate surface area is 155 Å². The second kappa shape index (κ2) is 8.22. The number of nitrogens with one attached hydrogen (secondary N) is 3. The van der Waals surface area contributed by atoms with Crippen molar-refractivity contribution in [3.63, 3.8) is 0 Å². The normalized spacial score (nSPS) is 10.4. The summed E-state index contributed by atoms with van der Waals surface area (Å²) >= 11 is 0. The molecule has 2 aromatic carbocycles.